The normalized spacial score (nSPS) is 11.7. The van der Waals surface area contributed by atoms with E-state index >= 15 is 0 Å². The first kappa shape index (κ1) is 14.7. The molecule has 3 heteroatoms. The maximum absolute atomic E-state index is 12.1. The SMILES string of the molecule is CCC(N)(CC)C(=O)Nc1ccc(C(C)C)cc1. The first-order valence-corrected chi connectivity index (χ1v) is 6.63. The summed E-state index contributed by atoms with van der Waals surface area (Å²) in [6.07, 6.45) is 1.28. The van der Waals surface area contributed by atoms with E-state index in [0.717, 1.165) is 5.69 Å². The van der Waals surface area contributed by atoms with Crippen LogP contribution < -0.4 is 11.1 Å². The average Bonchev–Trinajstić information content (AvgIpc) is 2.38. The van der Waals surface area contributed by atoms with Gasteiger partial charge in [-0.15, -0.1) is 0 Å². The second-order valence-corrected chi connectivity index (χ2v) is 5.09. The number of rotatable bonds is 5. The van der Waals surface area contributed by atoms with E-state index < -0.39 is 5.54 Å². The third kappa shape index (κ3) is 3.33. The maximum atomic E-state index is 12.1. The second-order valence-electron chi connectivity index (χ2n) is 5.09. The van der Waals surface area contributed by atoms with Gasteiger partial charge in [0, 0.05) is 5.69 Å². The third-order valence-corrected chi connectivity index (χ3v) is 3.55. The van der Waals surface area contributed by atoms with E-state index in [0.29, 0.717) is 18.8 Å². The Kier molecular flexibility index (Phi) is 4.91. The summed E-state index contributed by atoms with van der Waals surface area (Å²) in [4.78, 5) is 12.1. The van der Waals surface area contributed by atoms with Gasteiger partial charge in [0.05, 0.1) is 5.54 Å². The summed E-state index contributed by atoms with van der Waals surface area (Å²) in [6.45, 7) is 8.16. The molecule has 3 N–H and O–H groups in total. The van der Waals surface area contributed by atoms with Crippen molar-refractivity contribution in [2.24, 2.45) is 5.73 Å². The van der Waals surface area contributed by atoms with Crippen molar-refractivity contribution in [3.63, 3.8) is 0 Å². The first-order chi connectivity index (χ1) is 8.42. The van der Waals surface area contributed by atoms with Gasteiger partial charge in [-0.05, 0) is 36.5 Å². The number of hydrogen-bond donors (Lipinski definition) is 2. The minimum atomic E-state index is -0.767. The fourth-order valence-corrected chi connectivity index (χ4v) is 1.78. The number of amides is 1. The van der Waals surface area contributed by atoms with E-state index in [2.05, 4.69) is 19.2 Å². The van der Waals surface area contributed by atoms with Crippen LogP contribution in [-0.2, 0) is 4.79 Å². The fraction of sp³-hybridized carbons (Fsp3) is 0.533. The molecule has 0 aromatic heterocycles. The Morgan fingerprint density at radius 2 is 1.72 bits per heavy atom. The molecule has 1 aromatic carbocycles. The summed E-state index contributed by atoms with van der Waals surface area (Å²) in [5.41, 5.74) is 7.36. The zero-order chi connectivity index (χ0) is 13.8. The highest BCUT2D eigenvalue weighted by Crippen LogP contribution is 2.19. The number of carbonyl (C=O) groups is 1. The van der Waals surface area contributed by atoms with Gasteiger partial charge in [-0.25, -0.2) is 0 Å². The van der Waals surface area contributed by atoms with E-state index in [-0.39, 0.29) is 5.91 Å². The molecular formula is C15H24N2O. The molecule has 3 nitrogen and oxygen atoms in total. The first-order valence-electron chi connectivity index (χ1n) is 6.63. The smallest absolute Gasteiger partial charge is 0.244 e. The number of benzene rings is 1. The predicted molar refractivity (Wildman–Crippen MR) is 76.7 cm³/mol. The van der Waals surface area contributed by atoms with Gasteiger partial charge in [-0.2, -0.15) is 0 Å². The van der Waals surface area contributed by atoms with Crippen molar-refractivity contribution in [3.8, 4) is 0 Å². The van der Waals surface area contributed by atoms with Crippen LogP contribution >= 0.6 is 0 Å². The molecule has 0 saturated carbocycles. The molecule has 0 unspecified atom stereocenters. The number of hydrogen-bond acceptors (Lipinski definition) is 2. The summed E-state index contributed by atoms with van der Waals surface area (Å²) in [6, 6.07) is 7.94. The maximum Gasteiger partial charge on any atom is 0.244 e. The highest BCUT2D eigenvalue weighted by Gasteiger charge is 2.29. The van der Waals surface area contributed by atoms with Crippen molar-refractivity contribution < 1.29 is 4.79 Å². The van der Waals surface area contributed by atoms with Gasteiger partial charge in [-0.1, -0.05) is 39.8 Å². The lowest BCUT2D eigenvalue weighted by Gasteiger charge is -2.25. The highest BCUT2D eigenvalue weighted by molar-refractivity contribution is 5.97. The molecule has 0 spiro atoms. The fourth-order valence-electron chi connectivity index (χ4n) is 1.78. The van der Waals surface area contributed by atoms with Crippen LogP contribution in [0.5, 0.6) is 0 Å². The average molecular weight is 248 g/mol. The Hall–Kier alpha value is -1.35. The van der Waals surface area contributed by atoms with Crippen LogP contribution in [0.1, 0.15) is 52.0 Å². The van der Waals surface area contributed by atoms with E-state index in [4.69, 9.17) is 5.73 Å². The van der Waals surface area contributed by atoms with Gasteiger partial charge in [0.25, 0.3) is 0 Å². The molecular weight excluding hydrogens is 224 g/mol. The molecule has 0 radical (unpaired) electrons. The molecule has 100 valence electrons. The summed E-state index contributed by atoms with van der Waals surface area (Å²) in [7, 11) is 0. The van der Waals surface area contributed by atoms with Crippen molar-refractivity contribution in [1.82, 2.24) is 0 Å². The van der Waals surface area contributed by atoms with Crippen LogP contribution in [0.15, 0.2) is 24.3 Å². The van der Waals surface area contributed by atoms with Crippen molar-refractivity contribution in [1.29, 1.82) is 0 Å². The molecule has 0 aliphatic heterocycles. The molecule has 18 heavy (non-hydrogen) atoms. The molecule has 0 bridgehead atoms. The molecule has 1 rings (SSSR count). The molecule has 0 aliphatic rings. The number of carbonyl (C=O) groups excluding carboxylic acids is 1. The van der Waals surface area contributed by atoms with Crippen LogP contribution in [-0.4, -0.2) is 11.4 Å². The summed E-state index contributed by atoms with van der Waals surface area (Å²) in [5, 5.41) is 2.89. The largest absolute Gasteiger partial charge is 0.324 e. The molecule has 0 fully saturated rings. The van der Waals surface area contributed by atoms with Crippen LogP contribution in [0.4, 0.5) is 5.69 Å². The molecule has 0 saturated heterocycles. The van der Waals surface area contributed by atoms with Crippen molar-refractivity contribution >= 4 is 11.6 Å². The monoisotopic (exact) mass is 248 g/mol. The van der Waals surface area contributed by atoms with E-state index in [1.165, 1.54) is 5.56 Å². The van der Waals surface area contributed by atoms with Gasteiger partial charge in [0.15, 0.2) is 0 Å². The van der Waals surface area contributed by atoms with Crippen LogP contribution in [0.2, 0.25) is 0 Å². The van der Waals surface area contributed by atoms with Gasteiger partial charge in [0.1, 0.15) is 0 Å². The lowest BCUT2D eigenvalue weighted by molar-refractivity contribution is -0.121. The van der Waals surface area contributed by atoms with E-state index in [1.54, 1.807) is 0 Å². The Morgan fingerprint density at radius 3 is 2.11 bits per heavy atom. The highest BCUT2D eigenvalue weighted by atomic mass is 16.2. The minimum absolute atomic E-state index is 0.107. The van der Waals surface area contributed by atoms with Crippen LogP contribution in [0, 0.1) is 0 Å². The number of anilines is 1. The zero-order valence-electron chi connectivity index (χ0n) is 11.8. The van der Waals surface area contributed by atoms with Crippen molar-refractivity contribution in [2.75, 3.05) is 5.32 Å². The molecule has 0 atom stereocenters. The number of nitrogens with two attached hydrogens (primary N) is 1. The third-order valence-electron chi connectivity index (χ3n) is 3.55. The molecule has 1 aromatic rings. The Morgan fingerprint density at radius 1 is 1.22 bits per heavy atom. The molecule has 0 aliphatic carbocycles. The van der Waals surface area contributed by atoms with Crippen LogP contribution in [0.25, 0.3) is 0 Å². The van der Waals surface area contributed by atoms with Crippen molar-refractivity contribution in [3.05, 3.63) is 29.8 Å². The standard InChI is InChI=1S/C15H24N2O/c1-5-15(16,6-2)14(18)17-13-9-7-12(8-10-13)11(3)4/h7-11H,5-6,16H2,1-4H3,(H,17,18). The second kappa shape index (κ2) is 6.01. The Bertz CT molecular complexity index is 391. The summed E-state index contributed by atoms with van der Waals surface area (Å²) in [5.74, 6) is 0.388. The zero-order valence-corrected chi connectivity index (χ0v) is 11.8. The number of nitrogens with one attached hydrogen (secondary N) is 1. The Labute approximate surface area is 110 Å². The predicted octanol–water partition coefficient (Wildman–Crippen LogP) is 3.27. The lowest BCUT2D eigenvalue weighted by Crippen LogP contribution is -2.50. The van der Waals surface area contributed by atoms with Gasteiger partial charge in [0.2, 0.25) is 5.91 Å². The van der Waals surface area contributed by atoms with Gasteiger partial charge >= 0.3 is 0 Å². The Balaban J connectivity index is 2.76. The molecule has 0 heterocycles. The minimum Gasteiger partial charge on any atom is -0.324 e. The van der Waals surface area contributed by atoms with Crippen LogP contribution in [0.3, 0.4) is 0 Å². The lowest BCUT2D eigenvalue weighted by atomic mass is 9.93. The van der Waals surface area contributed by atoms with E-state index in [9.17, 15) is 4.79 Å². The van der Waals surface area contributed by atoms with Gasteiger partial charge < -0.3 is 11.1 Å². The van der Waals surface area contributed by atoms with Gasteiger partial charge in [-0.3, -0.25) is 4.79 Å². The van der Waals surface area contributed by atoms with Crippen molar-refractivity contribution in [2.45, 2.75) is 52.0 Å². The summed E-state index contributed by atoms with van der Waals surface area (Å²) < 4.78 is 0. The summed E-state index contributed by atoms with van der Waals surface area (Å²) >= 11 is 0. The quantitative estimate of drug-likeness (QED) is 0.840. The van der Waals surface area contributed by atoms with E-state index in [1.807, 2.05) is 38.1 Å². The molecule has 1 amide bonds. The topological polar surface area (TPSA) is 55.1 Å².